The van der Waals surface area contributed by atoms with E-state index in [1.54, 1.807) is 24.3 Å². The van der Waals surface area contributed by atoms with Crippen LogP contribution in [0.1, 0.15) is 13.8 Å². The summed E-state index contributed by atoms with van der Waals surface area (Å²) < 4.78 is 9.28. The van der Waals surface area contributed by atoms with E-state index in [9.17, 15) is 14.7 Å². The minimum atomic E-state index is -1.44. The van der Waals surface area contributed by atoms with Gasteiger partial charge in [0.1, 0.15) is 0 Å². The van der Waals surface area contributed by atoms with Crippen LogP contribution in [0.4, 0.5) is 15.3 Å². The van der Waals surface area contributed by atoms with Crippen molar-refractivity contribution in [2.24, 2.45) is 0 Å². The summed E-state index contributed by atoms with van der Waals surface area (Å²) in [6, 6.07) is 6.61. The molecule has 1 aromatic carbocycles. The van der Waals surface area contributed by atoms with Crippen LogP contribution in [0, 0.1) is 0 Å². The molecular weight excluding hydrogens is 282 g/mol. The van der Waals surface area contributed by atoms with Crippen molar-refractivity contribution in [2.45, 2.75) is 20.0 Å². The lowest BCUT2D eigenvalue weighted by Gasteiger charge is -2.30. The number of carbonyl (C=O) groups excluding carboxylic acids is 2. The minimum Gasteiger partial charge on any atom is -0.497 e. The molecule has 0 radical (unpaired) electrons. The third-order valence-electron chi connectivity index (χ3n) is 2.46. The molecule has 0 saturated heterocycles. The van der Waals surface area contributed by atoms with Crippen molar-refractivity contribution in [3.05, 3.63) is 24.3 Å². The average molecular weight is 299 g/mol. The van der Waals surface area contributed by atoms with Crippen molar-refractivity contribution in [3.8, 4) is 5.75 Å². The number of hydrogen-bond donors (Lipinski definition) is 0. The molecule has 6 nitrogen and oxygen atoms in total. The molecule has 0 aliphatic heterocycles. The lowest BCUT2D eigenvalue weighted by Crippen LogP contribution is -2.52. The van der Waals surface area contributed by atoms with Crippen LogP contribution in [0.15, 0.2) is 24.3 Å². The first-order valence-electron chi connectivity index (χ1n) is 5.93. The fraction of sp³-hybridized carbons (Fsp3) is 0.385. The number of benzene rings is 1. The standard InChI is InChI=1S/C13H17NO5S/c1-9(2)19-11-8-6-5-7-10(11)14(3,12(15)16)20-13(17)18-4/h5-9H,1-4H3. The van der Waals surface area contributed by atoms with Crippen molar-refractivity contribution in [1.29, 1.82) is 0 Å². The maximum Gasteiger partial charge on any atom is 0.425 e. The number of quaternary nitrogens is 1. The van der Waals surface area contributed by atoms with Crippen LogP contribution in [0.3, 0.4) is 0 Å². The van der Waals surface area contributed by atoms with Crippen molar-refractivity contribution < 1.29 is 24.2 Å². The van der Waals surface area contributed by atoms with Crippen LogP contribution in [0.5, 0.6) is 5.75 Å². The van der Waals surface area contributed by atoms with Gasteiger partial charge in [-0.05, 0) is 19.9 Å². The zero-order valence-corrected chi connectivity index (χ0v) is 12.6. The quantitative estimate of drug-likeness (QED) is 0.484. The molecule has 20 heavy (non-hydrogen) atoms. The molecule has 1 atom stereocenters. The van der Waals surface area contributed by atoms with Crippen LogP contribution >= 0.6 is 11.9 Å². The molecule has 0 spiro atoms. The summed E-state index contributed by atoms with van der Waals surface area (Å²) in [5, 5.41) is 10.8. The first kappa shape index (κ1) is 16.3. The molecule has 1 aromatic rings. The van der Waals surface area contributed by atoms with E-state index in [4.69, 9.17) is 4.74 Å². The summed E-state index contributed by atoms with van der Waals surface area (Å²) in [6.07, 6.45) is -1.57. The molecule has 0 fully saturated rings. The van der Waals surface area contributed by atoms with E-state index >= 15 is 0 Å². The number of nitrogens with zero attached hydrogens (tertiary/aromatic N) is 1. The maximum atomic E-state index is 11.5. The smallest absolute Gasteiger partial charge is 0.425 e. The normalized spacial score (nSPS) is 13.7. The second-order valence-corrected chi connectivity index (χ2v) is 5.62. The van der Waals surface area contributed by atoms with Gasteiger partial charge in [0.25, 0.3) is 6.09 Å². The highest BCUT2D eigenvalue weighted by atomic mass is 32.2. The highest BCUT2D eigenvalue weighted by Gasteiger charge is 2.37. The predicted octanol–water partition coefficient (Wildman–Crippen LogP) is 2.17. The van der Waals surface area contributed by atoms with Gasteiger partial charge in [-0.15, -0.1) is 0 Å². The van der Waals surface area contributed by atoms with Gasteiger partial charge in [-0.1, -0.05) is 12.1 Å². The van der Waals surface area contributed by atoms with Gasteiger partial charge < -0.3 is 19.4 Å². The van der Waals surface area contributed by atoms with Gasteiger partial charge in [0.05, 0.1) is 20.3 Å². The van der Waals surface area contributed by atoms with Gasteiger partial charge in [-0.2, -0.15) is 3.89 Å². The third kappa shape index (κ3) is 3.64. The van der Waals surface area contributed by atoms with Crippen LogP contribution in [0.2, 0.25) is 0 Å². The Kier molecular flexibility index (Phi) is 5.41. The Morgan fingerprint density at radius 2 is 1.90 bits per heavy atom. The Balaban J connectivity index is 3.28. The molecule has 0 aromatic heterocycles. The van der Waals surface area contributed by atoms with Crippen molar-refractivity contribution >= 4 is 29.0 Å². The number of hydrogen-bond acceptors (Lipinski definition) is 6. The number of methoxy groups -OCH3 is 1. The fourth-order valence-corrected chi connectivity index (χ4v) is 2.23. The summed E-state index contributed by atoms with van der Waals surface area (Å²) in [7, 11) is 2.52. The van der Waals surface area contributed by atoms with E-state index < -0.39 is 15.3 Å². The van der Waals surface area contributed by atoms with Crippen LogP contribution in [-0.4, -0.2) is 31.7 Å². The SMILES string of the molecule is COC(=O)S[N+](C)(C(=O)[O-])c1ccccc1OC(C)C. The lowest BCUT2D eigenvalue weighted by molar-refractivity contribution is -0.256. The first-order chi connectivity index (χ1) is 9.31. The van der Waals surface area contributed by atoms with Gasteiger partial charge in [-0.3, -0.25) is 0 Å². The summed E-state index contributed by atoms with van der Waals surface area (Å²) in [5.74, 6) is 0.380. The number of carbonyl (C=O) groups is 2. The van der Waals surface area contributed by atoms with Gasteiger partial charge in [0, 0.05) is 6.07 Å². The molecule has 0 saturated carbocycles. The number of ether oxygens (including phenoxy) is 2. The molecular formula is C13H17NO5S. The minimum absolute atomic E-state index is 0.130. The van der Waals surface area contributed by atoms with E-state index in [2.05, 4.69) is 4.74 Å². The monoisotopic (exact) mass is 299 g/mol. The zero-order chi connectivity index (χ0) is 15.3. The van der Waals surface area contributed by atoms with Crippen LogP contribution in [-0.2, 0) is 4.74 Å². The Hall–Kier alpha value is -1.73. The summed E-state index contributed by atoms with van der Waals surface area (Å²) in [4.78, 5) is 22.9. The molecule has 0 heterocycles. The second-order valence-electron chi connectivity index (χ2n) is 4.37. The predicted molar refractivity (Wildman–Crippen MR) is 75.3 cm³/mol. The van der Waals surface area contributed by atoms with Crippen molar-refractivity contribution in [1.82, 2.24) is 3.89 Å². The zero-order valence-electron chi connectivity index (χ0n) is 11.8. The number of amides is 1. The largest absolute Gasteiger partial charge is 0.497 e. The van der Waals surface area contributed by atoms with Crippen LogP contribution < -0.4 is 13.7 Å². The number of para-hydroxylation sites is 2. The molecule has 0 N–H and O–H groups in total. The van der Waals surface area contributed by atoms with Gasteiger partial charge >= 0.3 is 5.30 Å². The summed E-state index contributed by atoms with van der Waals surface area (Å²) >= 11 is 0.484. The summed E-state index contributed by atoms with van der Waals surface area (Å²) in [5.41, 5.74) is 0.302. The van der Waals surface area contributed by atoms with E-state index in [0.29, 0.717) is 23.4 Å². The van der Waals surface area contributed by atoms with E-state index in [1.807, 2.05) is 13.8 Å². The molecule has 1 unspecified atom stereocenters. The lowest BCUT2D eigenvalue weighted by atomic mass is 10.2. The van der Waals surface area contributed by atoms with Gasteiger partial charge in [-0.25, -0.2) is 4.79 Å². The molecule has 0 bridgehead atoms. The highest BCUT2D eigenvalue weighted by Crippen LogP contribution is 2.38. The Bertz CT molecular complexity index is 505. The van der Waals surface area contributed by atoms with Crippen LogP contribution in [0.25, 0.3) is 0 Å². The molecule has 1 amide bonds. The van der Waals surface area contributed by atoms with Gasteiger partial charge in [0.15, 0.2) is 11.4 Å². The molecule has 7 heteroatoms. The number of carboxylic acid groups (broad SMARTS) is 1. The molecule has 0 aliphatic rings. The van der Waals surface area contributed by atoms with Crippen molar-refractivity contribution in [3.63, 3.8) is 0 Å². The second kappa shape index (κ2) is 6.62. The van der Waals surface area contributed by atoms with E-state index in [1.165, 1.54) is 14.2 Å². The highest BCUT2D eigenvalue weighted by molar-refractivity contribution is 8.13. The number of rotatable bonds is 3. The topological polar surface area (TPSA) is 75.7 Å². The van der Waals surface area contributed by atoms with E-state index in [0.717, 1.165) is 0 Å². The fourth-order valence-electron chi connectivity index (χ4n) is 1.53. The summed E-state index contributed by atoms with van der Waals surface area (Å²) in [6.45, 7) is 3.65. The third-order valence-corrected chi connectivity index (χ3v) is 3.49. The first-order valence-corrected chi connectivity index (χ1v) is 6.70. The van der Waals surface area contributed by atoms with Gasteiger partial charge in [0.2, 0.25) is 11.9 Å². The Morgan fingerprint density at radius 1 is 1.30 bits per heavy atom. The maximum absolute atomic E-state index is 11.5. The average Bonchev–Trinajstić information content (AvgIpc) is 2.38. The van der Waals surface area contributed by atoms with Crippen molar-refractivity contribution in [2.75, 3.05) is 14.2 Å². The Morgan fingerprint density at radius 3 is 2.40 bits per heavy atom. The van der Waals surface area contributed by atoms with E-state index in [-0.39, 0.29) is 6.10 Å². The molecule has 0 aliphatic carbocycles. The molecule has 110 valence electrons. The Labute approximate surface area is 122 Å². The molecule has 1 rings (SSSR count).